The fourth-order valence-corrected chi connectivity index (χ4v) is 4.22. The lowest BCUT2D eigenvalue weighted by atomic mass is 9.76. The molecule has 22 heavy (non-hydrogen) atoms. The highest BCUT2D eigenvalue weighted by Crippen LogP contribution is 2.43. The Morgan fingerprint density at radius 3 is 2.50 bits per heavy atom. The SMILES string of the molecule is CNC1CCN(C(=O)C2(c3cccc(C)c3)CCCC2)CC1. The van der Waals surface area contributed by atoms with Crippen molar-refractivity contribution >= 4 is 5.91 Å². The molecule has 2 fully saturated rings. The molecule has 1 N–H and O–H groups in total. The Balaban J connectivity index is 1.83. The quantitative estimate of drug-likeness (QED) is 0.930. The second-order valence-electron chi connectivity index (χ2n) is 7.01. The zero-order valence-electron chi connectivity index (χ0n) is 13.9. The lowest BCUT2D eigenvalue weighted by molar-refractivity contribution is -0.138. The van der Waals surface area contributed by atoms with Gasteiger partial charge in [-0.1, -0.05) is 42.7 Å². The predicted molar refractivity (Wildman–Crippen MR) is 90.0 cm³/mol. The van der Waals surface area contributed by atoms with E-state index in [1.807, 2.05) is 7.05 Å². The van der Waals surface area contributed by atoms with Gasteiger partial charge in [-0.25, -0.2) is 0 Å². The Hall–Kier alpha value is -1.35. The third-order valence-electron chi connectivity index (χ3n) is 5.63. The van der Waals surface area contributed by atoms with E-state index >= 15 is 0 Å². The Morgan fingerprint density at radius 1 is 1.23 bits per heavy atom. The molecule has 0 aromatic heterocycles. The van der Waals surface area contributed by atoms with Crippen LogP contribution >= 0.6 is 0 Å². The van der Waals surface area contributed by atoms with Crippen molar-refractivity contribution in [3.8, 4) is 0 Å². The summed E-state index contributed by atoms with van der Waals surface area (Å²) in [6, 6.07) is 9.18. The number of carbonyl (C=O) groups is 1. The van der Waals surface area contributed by atoms with Crippen molar-refractivity contribution in [2.45, 2.75) is 56.9 Å². The fourth-order valence-electron chi connectivity index (χ4n) is 4.22. The van der Waals surface area contributed by atoms with Crippen molar-refractivity contribution < 1.29 is 4.79 Å². The molecular formula is C19H28N2O. The van der Waals surface area contributed by atoms with Gasteiger partial charge in [0, 0.05) is 19.1 Å². The number of nitrogens with one attached hydrogen (secondary N) is 1. The number of hydrogen-bond donors (Lipinski definition) is 1. The highest BCUT2D eigenvalue weighted by atomic mass is 16.2. The van der Waals surface area contributed by atoms with Crippen LogP contribution in [0.4, 0.5) is 0 Å². The highest BCUT2D eigenvalue weighted by Gasteiger charge is 2.45. The Bertz CT molecular complexity index is 526. The molecule has 1 aromatic rings. The van der Waals surface area contributed by atoms with Crippen LogP contribution in [0, 0.1) is 6.92 Å². The maximum Gasteiger partial charge on any atom is 0.233 e. The van der Waals surface area contributed by atoms with E-state index in [9.17, 15) is 4.79 Å². The van der Waals surface area contributed by atoms with E-state index in [1.54, 1.807) is 0 Å². The molecule has 2 aliphatic rings. The molecule has 0 atom stereocenters. The number of hydrogen-bond acceptors (Lipinski definition) is 2. The summed E-state index contributed by atoms with van der Waals surface area (Å²) in [4.78, 5) is 15.5. The standard InChI is InChI=1S/C19H28N2O/c1-15-6-5-7-16(14-15)19(10-3-4-11-19)18(22)21-12-8-17(20-2)9-13-21/h5-7,14,17,20H,3-4,8-13H2,1-2H3. The molecule has 1 aliphatic carbocycles. The number of piperidine rings is 1. The van der Waals surface area contributed by atoms with Crippen LogP contribution in [-0.4, -0.2) is 37.0 Å². The molecule has 1 heterocycles. The molecule has 1 aliphatic heterocycles. The molecule has 0 unspecified atom stereocenters. The summed E-state index contributed by atoms with van der Waals surface area (Å²) in [7, 11) is 2.02. The highest BCUT2D eigenvalue weighted by molar-refractivity contribution is 5.88. The first kappa shape index (κ1) is 15.5. The van der Waals surface area contributed by atoms with Crippen LogP contribution in [0.2, 0.25) is 0 Å². The minimum atomic E-state index is -0.251. The second kappa shape index (κ2) is 6.41. The number of amides is 1. The summed E-state index contributed by atoms with van der Waals surface area (Å²) in [5.74, 6) is 0.380. The molecule has 1 saturated heterocycles. The van der Waals surface area contributed by atoms with Crippen LogP contribution in [-0.2, 0) is 10.2 Å². The Kier molecular flexibility index (Phi) is 4.53. The lowest BCUT2D eigenvalue weighted by Gasteiger charge is -2.39. The van der Waals surface area contributed by atoms with Crippen molar-refractivity contribution in [2.24, 2.45) is 0 Å². The van der Waals surface area contributed by atoms with Crippen molar-refractivity contribution in [2.75, 3.05) is 20.1 Å². The van der Waals surface area contributed by atoms with E-state index in [0.717, 1.165) is 38.8 Å². The number of rotatable bonds is 3. The summed E-state index contributed by atoms with van der Waals surface area (Å²) in [6.45, 7) is 3.92. The van der Waals surface area contributed by atoms with Crippen molar-refractivity contribution in [1.82, 2.24) is 10.2 Å². The van der Waals surface area contributed by atoms with Gasteiger partial charge < -0.3 is 10.2 Å². The number of benzene rings is 1. The summed E-state index contributed by atoms with van der Waals surface area (Å²) in [5.41, 5.74) is 2.24. The molecule has 0 radical (unpaired) electrons. The first-order valence-corrected chi connectivity index (χ1v) is 8.69. The summed E-state index contributed by atoms with van der Waals surface area (Å²) in [6.07, 6.45) is 6.53. The van der Waals surface area contributed by atoms with Gasteiger partial charge in [-0.15, -0.1) is 0 Å². The van der Waals surface area contributed by atoms with Crippen LogP contribution in [0.1, 0.15) is 49.7 Å². The third kappa shape index (κ3) is 2.79. The van der Waals surface area contributed by atoms with Crippen LogP contribution in [0.3, 0.4) is 0 Å². The van der Waals surface area contributed by atoms with Gasteiger partial charge in [0.1, 0.15) is 0 Å². The van der Waals surface area contributed by atoms with Crippen LogP contribution in [0.5, 0.6) is 0 Å². The van der Waals surface area contributed by atoms with Gasteiger partial charge in [0.15, 0.2) is 0 Å². The molecule has 1 aromatic carbocycles. The van der Waals surface area contributed by atoms with E-state index < -0.39 is 0 Å². The van der Waals surface area contributed by atoms with E-state index in [-0.39, 0.29) is 5.41 Å². The minimum Gasteiger partial charge on any atom is -0.342 e. The third-order valence-corrected chi connectivity index (χ3v) is 5.63. The maximum absolute atomic E-state index is 13.3. The van der Waals surface area contributed by atoms with Crippen molar-refractivity contribution in [3.63, 3.8) is 0 Å². The molecule has 0 spiro atoms. The number of nitrogens with zero attached hydrogens (tertiary/aromatic N) is 1. The first-order valence-electron chi connectivity index (χ1n) is 8.69. The molecule has 0 bridgehead atoms. The molecule has 1 amide bonds. The minimum absolute atomic E-state index is 0.251. The van der Waals surface area contributed by atoms with Gasteiger partial charge in [0.25, 0.3) is 0 Å². The lowest BCUT2D eigenvalue weighted by Crippen LogP contribution is -2.50. The average molecular weight is 300 g/mol. The smallest absolute Gasteiger partial charge is 0.233 e. The van der Waals surface area contributed by atoms with E-state index in [1.165, 1.54) is 24.0 Å². The molecule has 3 heteroatoms. The first-order chi connectivity index (χ1) is 10.7. The Labute approximate surface area is 134 Å². The van der Waals surface area contributed by atoms with Gasteiger partial charge in [-0.3, -0.25) is 4.79 Å². The monoisotopic (exact) mass is 300 g/mol. The topological polar surface area (TPSA) is 32.3 Å². The normalized spacial score (nSPS) is 22.0. The second-order valence-corrected chi connectivity index (χ2v) is 7.01. The summed E-state index contributed by atoms with van der Waals surface area (Å²) >= 11 is 0. The summed E-state index contributed by atoms with van der Waals surface area (Å²) < 4.78 is 0. The van der Waals surface area contributed by atoms with Crippen LogP contribution in [0.25, 0.3) is 0 Å². The van der Waals surface area contributed by atoms with E-state index in [4.69, 9.17) is 0 Å². The number of carbonyl (C=O) groups excluding carboxylic acids is 1. The van der Waals surface area contributed by atoms with Gasteiger partial charge in [0.05, 0.1) is 5.41 Å². The molecular weight excluding hydrogens is 272 g/mol. The zero-order chi connectivity index (χ0) is 15.6. The van der Waals surface area contributed by atoms with Crippen molar-refractivity contribution in [1.29, 1.82) is 0 Å². The van der Waals surface area contributed by atoms with Gasteiger partial charge in [0.2, 0.25) is 5.91 Å². The Morgan fingerprint density at radius 2 is 1.91 bits per heavy atom. The molecule has 3 nitrogen and oxygen atoms in total. The van der Waals surface area contributed by atoms with Gasteiger partial charge >= 0.3 is 0 Å². The molecule has 120 valence electrons. The number of likely N-dealkylation sites (tertiary alicyclic amines) is 1. The maximum atomic E-state index is 13.3. The van der Waals surface area contributed by atoms with Crippen LogP contribution in [0.15, 0.2) is 24.3 Å². The molecule has 1 saturated carbocycles. The predicted octanol–water partition coefficient (Wildman–Crippen LogP) is 3.02. The van der Waals surface area contributed by atoms with E-state index in [0.29, 0.717) is 11.9 Å². The van der Waals surface area contributed by atoms with Crippen LogP contribution < -0.4 is 5.32 Å². The number of aryl methyl sites for hydroxylation is 1. The van der Waals surface area contributed by atoms with Gasteiger partial charge in [-0.2, -0.15) is 0 Å². The average Bonchev–Trinajstić information content (AvgIpc) is 3.05. The van der Waals surface area contributed by atoms with E-state index in [2.05, 4.69) is 41.4 Å². The van der Waals surface area contributed by atoms with Gasteiger partial charge in [-0.05, 0) is 45.2 Å². The molecule has 3 rings (SSSR count). The summed E-state index contributed by atoms with van der Waals surface area (Å²) in [5, 5.41) is 3.34. The van der Waals surface area contributed by atoms with Crippen molar-refractivity contribution in [3.05, 3.63) is 35.4 Å². The zero-order valence-corrected chi connectivity index (χ0v) is 13.9. The fraction of sp³-hybridized carbons (Fsp3) is 0.632. The largest absolute Gasteiger partial charge is 0.342 e.